The molecule has 0 aromatic heterocycles. The SMILES string of the molecule is C[C@H](CCC(=O)O)[C@H]1CC[C@H]2[C@@H]3[C@H](O)CC4CCCC[C@]4(C)[C@H]3CC[C@]12C. The van der Waals surface area contributed by atoms with Crippen molar-refractivity contribution in [2.75, 3.05) is 0 Å². The predicted molar refractivity (Wildman–Crippen MR) is 107 cm³/mol. The number of rotatable bonds is 4. The van der Waals surface area contributed by atoms with Crippen LogP contribution in [0.1, 0.15) is 91.4 Å². The molecule has 1 unspecified atom stereocenters. The lowest BCUT2D eigenvalue weighted by Gasteiger charge is -2.62. The van der Waals surface area contributed by atoms with Crippen LogP contribution in [0.25, 0.3) is 0 Å². The topological polar surface area (TPSA) is 57.5 Å². The van der Waals surface area contributed by atoms with E-state index in [0.717, 1.165) is 18.8 Å². The highest BCUT2D eigenvalue weighted by molar-refractivity contribution is 5.66. The summed E-state index contributed by atoms with van der Waals surface area (Å²) in [6, 6.07) is 0. The van der Waals surface area contributed by atoms with Gasteiger partial charge in [0.15, 0.2) is 0 Å². The molecule has 0 saturated heterocycles. The second-order valence-electron chi connectivity index (χ2n) is 11.2. The molecule has 27 heavy (non-hydrogen) atoms. The second-order valence-corrected chi connectivity index (χ2v) is 11.2. The number of aliphatic hydroxyl groups is 1. The van der Waals surface area contributed by atoms with Crippen LogP contribution in [0.3, 0.4) is 0 Å². The van der Waals surface area contributed by atoms with E-state index in [4.69, 9.17) is 5.11 Å². The predicted octanol–water partition coefficient (Wildman–Crippen LogP) is 5.51. The first-order valence-corrected chi connectivity index (χ1v) is 11.7. The van der Waals surface area contributed by atoms with E-state index in [1.54, 1.807) is 0 Å². The summed E-state index contributed by atoms with van der Waals surface area (Å²) in [4.78, 5) is 11.0. The van der Waals surface area contributed by atoms with Gasteiger partial charge in [-0.15, -0.1) is 0 Å². The number of hydrogen-bond acceptors (Lipinski definition) is 2. The van der Waals surface area contributed by atoms with Crippen LogP contribution in [0, 0.1) is 46.3 Å². The Bertz CT molecular complexity index is 574. The fraction of sp³-hybridized carbons (Fsp3) is 0.958. The van der Waals surface area contributed by atoms with Crippen LogP contribution in [-0.4, -0.2) is 22.3 Å². The van der Waals surface area contributed by atoms with Crippen molar-refractivity contribution in [3.05, 3.63) is 0 Å². The van der Waals surface area contributed by atoms with Crippen molar-refractivity contribution >= 4 is 5.97 Å². The number of carbonyl (C=O) groups is 1. The van der Waals surface area contributed by atoms with Crippen molar-refractivity contribution < 1.29 is 15.0 Å². The van der Waals surface area contributed by atoms with Gasteiger partial charge in [-0.05, 0) is 97.7 Å². The van der Waals surface area contributed by atoms with Gasteiger partial charge >= 0.3 is 5.97 Å². The minimum absolute atomic E-state index is 0.108. The van der Waals surface area contributed by atoms with Crippen molar-refractivity contribution in [2.45, 2.75) is 97.5 Å². The molecule has 3 heteroatoms. The van der Waals surface area contributed by atoms with Gasteiger partial charge in [-0.2, -0.15) is 0 Å². The number of carboxylic acids is 1. The van der Waals surface area contributed by atoms with Crippen molar-refractivity contribution in [2.24, 2.45) is 46.3 Å². The fourth-order valence-electron chi connectivity index (χ4n) is 8.78. The number of aliphatic carboxylic acids is 1. The average molecular weight is 377 g/mol. The standard InChI is InChI=1S/C24H40O3/c1-15(7-10-21(26)27)17-8-9-18-22-19(11-13-24(17,18)3)23(2)12-5-4-6-16(23)14-20(22)25/h15-20,22,25H,4-14H2,1-3H3,(H,26,27)/t15-,16?,17-,18+,19+,20-,22+,23+,24-/m1/s1. The molecule has 0 radical (unpaired) electrons. The van der Waals surface area contributed by atoms with Gasteiger partial charge in [0.05, 0.1) is 6.10 Å². The molecule has 4 rings (SSSR count). The van der Waals surface area contributed by atoms with Crippen molar-refractivity contribution in [3.63, 3.8) is 0 Å². The van der Waals surface area contributed by atoms with Crippen LogP contribution in [0.4, 0.5) is 0 Å². The monoisotopic (exact) mass is 376 g/mol. The van der Waals surface area contributed by atoms with E-state index >= 15 is 0 Å². The Labute approximate surface area is 165 Å². The van der Waals surface area contributed by atoms with E-state index in [9.17, 15) is 9.90 Å². The van der Waals surface area contributed by atoms with Crippen LogP contribution in [0.5, 0.6) is 0 Å². The van der Waals surface area contributed by atoms with Gasteiger partial charge in [0.1, 0.15) is 0 Å². The second kappa shape index (κ2) is 7.04. The Morgan fingerprint density at radius 1 is 1.04 bits per heavy atom. The number of fused-ring (bicyclic) bond motifs is 5. The summed E-state index contributed by atoms with van der Waals surface area (Å²) in [5, 5.41) is 20.3. The number of carboxylic acid groups (broad SMARTS) is 1. The Hall–Kier alpha value is -0.570. The molecule has 0 spiro atoms. The molecular formula is C24H40O3. The van der Waals surface area contributed by atoms with Gasteiger partial charge in [0.25, 0.3) is 0 Å². The van der Waals surface area contributed by atoms with Gasteiger partial charge in [-0.3, -0.25) is 4.79 Å². The lowest BCUT2D eigenvalue weighted by molar-refractivity contribution is -0.164. The summed E-state index contributed by atoms with van der Waals surface area (Å²) in [6.07, 6.45) is 12.5. The van der Waals surface area contributed by atoms with Crippen LogP contribution in [0.2, 0.25) is 0 Å². The molecule has 154 valence electrons. The summed E-state index contributed by atoms with van der Waals surface area (Å²) in [7, 11) is 0. The lowest BCUT2D eigenvalue weighted by atomic mass is 9.44. The molecule has 4 fully saturated rings. The molecule has 9 atom stereocenters. The van der Waals surface area contributed by atoms with E-state index in [0.29, 0.717) is 46.8 Å². The molecule has 0 heterocycles. The molecule has 0 aromatic carbocycles. The summed E-state index contributed by atoms with van der Waals surface area (Å²) in [5.74, 6) is 3.02. The molecule has 2 N–H and O–H groups in total. The molecule has 0 amide bonds. The molecule has 4 aliphatic rings. The van der Waals surface area contributed by atoms with Crippen molar-refractivity contribution in [1.29, 1.82) is 0 Å². The summed E-state index contributed by atoms with van der Waals surface area (Å²) < 4.78 is 0. The zero-order chi connectivity index (χ0) is 19.4. The zero-order valence-corrected chi connectivity index (χ0v) is 17.6. The van der Waals surface area contributed by atoms with E-state index in [-0.39, 0.29) is 6.10 Å². The first-order chi connectivity index (χ1) is 12.8. The van der Waals surface area contributed by atoms with Crippen LogP contribution >= 0.6 is 0 Å². The summed E-state index contributed by atoms with van der Waals surface area (Å²) in [5.41, 5.74) is 0.758. The summed E-state index contributed by atoms with van der Waals surface area (Å²) >= 11 is 0. The first kappa shape index (κ1) is 19.7. The molecule has 4 saturated carbocycles. The Morgan fingerprint density at radius 3 is 2.52 bits per heavy atom. The molecule has 0 aromatic rings. The largest absolute Gasteiger partial charge is 0.481 e. The smallest absolute Gasteiger partial charge is 0.303 e. The van der Waals surface area contributed by atoms with Gasteiger partial charge in [-0.1, -0.05) is 33.6 Å². The Balaban J connectivity index is 1.56. The number of hydrogen-bond donors (Lipinski definition) is 2. The fourth-order valence-corrected chi connectivity index (χ4v) is 8.78. The number of aliphatic hydroxyl groups excluding tert-OH is 1. The van der Waals surface area contributed by atoms with E-state index in [1.165, 1.54) is 51.4 Å². The third-order valence-corrected chi connectivity index (χ3v) is 10.2. The maximum absolute atomic E-state index is 11.2. The van der Waals surface area contributed by atoms with Crippen molar-refractivity contribution in [3.8, 4) is 0 Å². The maximum atomic E-state index is 11.2. The van der Waals surface area contributed by atoms with E-state index < -0.39 is 5.97 Å². The first-order valence-electron chi connectivity index (χ1n) is 11.7. The normalized spacial score (nSPS) is 50.4. The van der Waals surface area contributed by atoms with E-state index in [2.05, 4.69) is 20.8 Å². The minimum atomic E-state index is -0.663. The molecule has 3 nitrogen and oxygen atoms in total. The Morgan fingerprint density at radius 2 is 1.78 bits per heavy atom. The van der Waals surface area contributed by atoms with Gasteiger partial charge in [-0.25, -0.2) is 0 Å². The molecule has 0 bridgehead atoms. The third kappa shape index (κ3) is 3.07. The van der Waals surface area contributed by atoms with Crippen LogP contribution < -0.4 is 0 Å². The van der Waals surface area contributed by atoms with Gasteiger partial charge in [0.2, 0.25) is 0 Å². The highest BCUT2D eigenvalue weighted by Crippen LogP contribution is 2.68. The third-order valence-electron chi connectivity index (χ3n) is 10.2. The zero-order valence-electron chi connectivity index (χ0n) is 17.6. The quantitative estimate of drug-likeness (QED) is 0.680. The minimum Gasteiger partial charge on any atom is -0.481 e. The summed E-state index contributed by atoms with van der Waals surface area (Å²) in [6.45, 7) is 7.33. The average Bonchev–Trinajstić information content (AvgIpc) is 2.97. The van der Waals surface area contributed by atoms with Crippen LogP contribution in [0.15, 0.2) is 0 Å². The van der Waals surface area contributed by atoms with Crippen LogP contribution in [-0.2, 0) is 4.79 Å². The van der Waals surface area contributed by atoms with E-state index in [1.807, 2.05) is 0 Å². The Kier molecular flexibility index (Phi) is 5.15. The van der Waals surface area contributed by atoms with Gasteiger partial charge < -0.3 is 10.2 Å². The molecule has 0 aliphatic heterocycles. The molecular weight excluding hydrogens is 336 g/mol. The van der Waals surface area contributed by atoms with Crippen molar-refractivity contribution in [1.82, 2.24) is 0 Å². The highest BCUT2D eigenvalue weighted by atomic mass is 16.4. The highest BCUT2D eigenvalue weighted by Gasteiger charge is 2.62. The molecule has 4 aliphatic carbocycles. The lowest BCUT2D eigenvalue weighted by Crippen LogP contribution is -2.57. The maximum Gasteiger partial charge on any atom is 0.303 e. The van der Waals surface area contributed by atoms with Gasteiger partial charge in [0, 0.05) is 6.42 Å².